The number of fused-ring (bicyclic) bond motifs is 1. The molecule has 1 atom stereocenters. The Bertz CT molecular complexity index is 1150. The van der Waals surface area contributed by atoms with Crippen LogP contribution in [0.25, 0.3) is 0 Å². The fourth-order valence-electron chi connectivity index (χ4n) is 4.31. The van der Waals surface area contributed by atoms with Crippen LogP contribution in [0.3, 0.4) is 0 Å². The smallest absolute Gasteiger partial charge is 0.263 e. The van der Waals surface area contributed by atoms with Gasteiger partial charge < -0.3 is 9.64 Å². The van der Waals surface area contributed by atoms with E-state index < -0.39 is 10.0 Å². The van der Waals surface area contributed by atoms with E-state index in [0.29, 0.717) is 43.9 Å². The number of carbonyl (C=O) groups excluding carboxylic acids is 1. The quantitative estimate of drug-likeness (QED) is 0.519. The fraction of sp³-hybridized carbons (Fsp3) is 0.440. The van der Waals surface area contributed by atoms with E-state index in [0.717, 1.165) is 37.9 Å². The number of rotatable bonds is 10. The maximum absolute atomic E-state index is 13.6. The second kappa shape index (κ2) is 11.1. The predicted molar refractivity (Wildman–Crippen MR) is 127 cm³/mol. The summed E-state index contributed by atoms with van der Waals surface area (Å²) >= 11 is 0. The minimum absolute atomic E-state index is 0.0311. The first-order valence-corrected chi connectivity index (χ1v) is 13.2. The summed E-state index contributed by atoms with van der Waals surface area (Å²) in [7, 11) is -3.53. The molecule has 1 unspecified atom stereocenters. The van der Waals surface area contributed by atoms with Gasteiger partial charge in [0.05, 0.1) is 11.0 Å². The molecular formula is C25H30FN3O4S. The highest BCUT2D eigenvalue weighted by Gasteiger charge is 2.30. The van der Waals surface area contributed by atoms with Crippen molar-refractivity contribution in [2.75, 3.05) is 19.7 Å². The Hall–Kier alpha value is -2.78. The highest BCUT2D eigenvalue weighted by molar-refractivity contribution is 7.90. The molecule has 0 aromatic heterocycles. The van der Waals surface area contributed by atoms with Gasteiger partial charge in [0.1, 0.15) is 11.7 Å². The van der Waals surface area contributed by atoms with Gasteiger partial charge in [0, 0.05) is 38.2 Å². The summed E-state index contributed by atoms with van der Waals surface area (Å²) in [4.78, 5) is 19.4. The van der Waals surface area contributed by atoms with E-state index >= 15 is 0 Å². The number of carbonyl (C=O) groups is 1. The van der Waals surface area contributed by atoms with Gasteiger partial charge in [-0.1, -0.05) is 30.7 Å². The van der Waals surface area contributed by atoms with Crippen LogP contribution in [0.5, 0.6) is 0 Å². The molecule has 0 spiro atoms. The maximum atomic E-state index is 13.6. The first-order chi connectivity index (χ1) is 16.4. The Balaban J connectivity index is 1.26. The highest BCUT2D eigenvalue weighted by Crippen LogP contribution is 2.22. The first-order valence-electron chi connectivity index (χ1n) is 11.7. The zero-order valence-corrected chi connectivity index (χ0v) is 19.9. The number of aliphatic imine (C=N–C) groups is 1. The summed E-state index contributed by atoms with van der Waals surface area (Å²) in [6.07, 6.45) is 4.61. The average Bonchev–Trinajstić information content (AvgIpc) is 3.41. The monoisotopic (exact) mass is 487 g/mol. The van der Waals surface area contributed by atoms with Crippen LogP contribution in [0.1, 0.15) is 49.7 Å². The molecule has 2 heterocycles. The zero-order valence-electron chi connectivity index (χ0n) is 19.1. The molecule has 1 amide bonds. The lowest BCUT2D eigenvalue weighted by Crippen LogP contribution is -2.36. The van der Waals surface area contributed by atoms with Crippen LogP contribution in [0, 0.1) is 5.82 Å². The van der Waals surface area contributed by atoms with E-state index in [9.17, 15) is 17.6 Å². The van der Waals surface area contributed by atoms with Gasteiger partial charge in [-0.05, 0) is 55.5 Å². The lowest BCUT2D eigenvalue weighted by atomic mass is 10.1. The summed E-state index contributed by atoms with van der Waals surface area (Å²) in [5, 5.41) is 0. The number of nitrogens with one attached hydrogen (secondary N) is 1. The van der Waals surface area contributed by atoms with Crippen molar-refractivity contribution in [2.24, 2.45) is 4.99 Å². The average molecular weight is 488 g/mol. The molecule has 4 rings (SSSR count). The number of ether oxygens (including phenoxy) is 1. The van der Waals surface area contributed by atoms with Gasteiger partial charge in [0.2, 0.25) is 5.91 Å². The molecule has 0 saturated carbocycles. The topological polar surface area (TPSA) is 88.1 Å². The number of unbranched alkanes of at least 4 members (excludes halogenated alkanes) is 2. The van der Waals surface area contributed by atoms with Crippen LogP contribution in [0.4, 0.5) is 4.39 Å². The number of hydrogen-bond acceptors (Lipinski definition) is 5. The molecule has 1 fully saturated rings. The molecule has 182 valence electrons. The van der Waals surface area contributed by atoms with E-state index in [4.69, 9.17) is 4.74 Å². The molecule has 2 aromatic rings. The number of amidine groups is 1. The van der Waals surface area contributed by atoms with Crippen molar-refractivity contribution in [3.05, 3.63) is 65.5 Å². The summed E-state index contributed by atoms with van der Waals surface area (Å²) in [5.41, 5.74) is 1.36. The van der Waals surface area contributed by atoms with E-state index in [2.05, 4.69) is 9.71 Å². The van der Waals surface area contributed by atoms with E-state index in [1.54, 1.807) is 35.2 Å². The molecule has 7 nitrogen and oxygen atoms in total. The normalized spacial score (nSPS) is 19.7. The minimum atomic E-state index is -3.53. The van der Waals surface area contributed by atoms with Crippen molar-refractivity contribution in [2.45, 2.75) is 56.1 Å². The first kappa shape index (κ1) is 24.3. The summed E-state index contributed by atoms with van der Waals surface area (Å²) in [6, 6.07) is 13.1. The van der Waals surface area contributed by atoms with Crippen LogP contribution < -0.4 is 4.72 Å². The van der Waals surface area contributed by atoms with Gasteiger partial charge >= 0.3 is 0 Å². The van der Waals surface area contributed by atoms with Crippen molar-refractivity contribution in [1.82, 2.24) is 9.62 Å². The Morgan fingerprint density at radius 1 is 1.15 bits per heavy atom. The Kier molecular flexibility index (Phi) is 7.95. The number of halogens is 1. The molecule has 1 N–H and O–H groups in total. The summed E-state index contributed by atoms with van der Waals surface area (Å²) in [6.45, 7) is 2.07. The molecule has 0 radical (unpaired) electrons. The second-order valence-electron chi connectivity index (χ2n) is 8.68. The Morgan fingerprint density at radius 3 is 2.79 bits per heavy atom. The maximum Gasteiger partial charge on any atom is 0.263 e. The van der Waals surface area contributed by atoms with Crippen LogP contribution in [-0.4, -0.2) is 50.9 Å². The summed E-state index contributed by atoms with van der Waals surface area (Å²) < 4.78 is 46.1. The molecule has 2 aliphatic heterocycles. The van der Waals surface area contributed by atoms with Crippen LogP contribution >= 0.6 is 0 Å². The van der Waals surface area contributed by atoms with Crippen molar-refractivity contribution < 1.29 is 22.3 Å². The predicted octanol–water partition coefficient (Wildman–Crippen LogP) is 3.63. The number of hydrogen-bond donors (Lipinski definition) is 1. The Morgan fingerprint density at radius 2 is 2.00 bits per heavy atom. The van der Waals surface area contributed by atoms with Gasteiger partial charge in [-0.2, -0.15) is 0 Å². The van der Waals surface area contributed by atoms with Crippen molar-refractivity contribution in [1.29, 1.82) is 0 Å². The van der Waals surface area contributed by atoms with Gasteiger partial charge in [-0.3, -0.25) is 14.5 Å². The van der Waals surface area contributed by atoms with Crippen molar-refractivity contribution in [3.63, 3.8) is 0 Å². The van der Waals surface area contributed by atoms with E-state index in [1.165, 1.54) is 12.1 Å². The van der Waals surface area contributed by atoms with Crippen molar-refractivity contribution in [3.8, 4) is 0 Å². The van der Waals surface area contributed by atoms with Crippen LogP contribution in [-0.2, 0) is 26.1 Å². The molecule has 1 saturated heterocycles. The van der Waals surface area contributed by atoms with Crippen LogP contribution in [0.15, 0.2) is 58.4 Å². The van der Waals surface area contributed by atoms with Gasteiger partial charge in [0.25, 0.3) is 10.0 Å². The van der Waals surface area contributed by atoms with Gasteiger partial charge in [-0.25, -0.2) is 12.8 Å². The Labute approximate surface area is 200 Å². The molecule has 0 bridgehead atoms. The third-order valence-corrected chi connectivity index (χ3v) is 7.44. The van der Waals surface area contributed by atoms with Crippen molar-refractivity contribution >= 4 is 21.8 Å². The standard InChI is InChI=1S/C25H30FN3O4S/c26-20-9-6-8-19(16-20)17-29(18-21-10-7-15-33-21)24(30)13-2-1-5-14-27-25-22-11-3-4-12-23(22)34(31,32)28-25/h3-4,6,8-9,11-12,16,21H,1-2,5,7,10,13-15,17-18H2,(H,27,28). The lowest BCUT2D eigenvalue weighted by Gasteiger charge is -2.26. The van der Waals surface area contributed by atoms with Crippen LogP contribution in [0.2, 0.25) is 0 Å². The molecule has 2 aliphatic rings. The molecular weight excluding hydrogens is 457 g/mol. The van der Waals surface area contributed by atoms with Gasteiger partial charge in [-0.15, -0.1) is 0 Å². The SMILES string of the molecule is O=C(CCCCCN=C1NS(=O)(=O)c2ccccc21)N(Cc1cccc(F)c1)CC1CCCO1. The molecule has 2 aromatic carbocycles. The number of sulfonamides is 1. The van der Waals surface area contributed by atoms with E-state index in [-0.39, 0.29) is 22.7 Å². The number of nitrogens with zero attached hydrogens (tertiary/aromatic N) is 2. The minimum Gasteiger partial charge on any atom is -0.376 e. The molecule has 0 aliphatic carbocycles. The highest BCUT2D eigenvalue weighted by atomic mass is 32.2. The number of amides is 1. The zero-order chi connectivity index (χ0) is 24.0. The number of benzene rings is 2. The molecule has 34 heavy (non-hydrogen) atoms. The second-order valence-corrected chi connectivity index (χ2v) is 10.3. The fourth-order valence-corrected chi connectivity index (χ4v) is 5.56. The van der Waals surface area contributed by atoms with E-state index in [1.807, 2.05) is 6.07 Å². The third kappa shape index (κ3) is 6.21. The lowest BCUT2D eigenvalue weighted by molar-refractivity contribution is -0.133. The van der Waals surface area contributed by atoms with Gasteiger partial charge in [0.15, 0.2) is 0 Å². The summed E-state index contributed by atoms with van der Waals surface area (Å²) in [5.74, 6) is 0.101. The third-order valence-electron chi connectivity index (χ3n) is 6.04. The largest absolute Gasteiger partial charge is 0.376 e. The molecule has 9 heteroatoms.